The molecule has 0 saturated heterocycles. The predicted octanol–water partition coefficient (Wildman–Crippen LogP) is 3.80. The van der Waals surface area contributed by atoms with Gasteiger partial charge in [-0.15, -0.1) is 0 Å². The van der Waals surface area contributed by atoms with Gasteiger partial charge in [0.25, 0.3) is 11.6 Å². The lowest BCUT2D eigenvalue weighted by Crippen LogP contribution is -2.43. The number of amides is 1. The first kappa shape index (κ1) is 15.8. The molecule has 5 nitrogen and oxygen atoms in total. The van der Waals surface area contributed by atoms with Crippen LogP contribution in [0.25, 0.3) is 0 Å². The average Bonchev–Trinajstić information content (AvgIpc) is 2.44. The van der Waals surface area contributed by atoms with Gasteiger partial charge in [-0.2, -0.15) is 0 Å². The van der Waals surface area contributed by atoms with Gasteiger partial charge >= 0.3 is 0 Å². The zero-order valence-corrected chi connectivity index (χ0v) is 12.9. The van der Waals surface area contributed by atoms with E-state index in [0.717, 1.165) is 12.8 Å². The van der Waals surface area contributed by atoms with Crippen molar-refractivity contribution in [1.82, 2.24) is 5.32 Å². The lowest BCUT2D eigenvalue weighted by atomic mass is 9.78. The second kappa shape index (κ2) is 6.43. The summed E-state index contributed by atoms with van der Waals surface area (Å²) in [6, 6.07) is 4.26. The Hall–Kier alpha value is -1.62. The van der Waals surface area contributed by atoms with Gasteiger partial charge in [0, 0.05) is 17.7 Å². The molecular formula is C15H19ClN2O3. The average molecular weight is 311 g/mol. The van der Waals surface area contributed by atoms with Gasteiger partial charge in [-0.1, -0.05) is 38.3 Å². The molecule has 2 rings (SSSR count). The third-order valence-corrected chi connectivity index (χ3v) is 4.75. The smallest absolute Gasteiger partial charge is 0.288 e. The van der Waals surface area contributed by atoms with E-state index in [1.54, 1.807) is 0 Å². The number of nitrogens with zero attached hydrogens (tertiary/aromatic N) is 1. The topological polar surface area (TPSA) is 72.2 Å². The molecule has 1 aliphatic rings. The maximum Gasteiger partial charge on any atom is 0.288 e. The Morgan fingerprint density at radius 2 is 2.10 bits per heavy atom. The lowest BCUT2D eigenvalue weighted by molar-refractivity contribution is -0.384. The van der Waals surface area contributed by atoms with E-state index in [1.807, 2.05) is 0 Å². The molecule has 6 heteroatoms. The van der Waals surface area contributed by atoms with E-state index in [-0.39, 0.29) is 28.2 Å². The van der Waals surface area contributed by atoms with Crippen LogP contribution in [0.4, 0.5) is 5.69 Å². The Balaban J connectivity index is 2.13. The predicted molar refractivity (Wildman–Crippen MR) is 81.5 cm³/mol. The van der Waals surface area contributed by atoms with Gasteiger partial charge in [-0.3, -0.25) is 14.9 Å². The van der Waals surface area contributed by atoms with E-state index in [0.29, 0.717) is 11.8 Å². The molecule has 0 aromatic heterocycles. The summed E-state index contributed by atoms with van der Waals surface area (Å²) in [4.78, 5) is 22.6. The fourth-order valence-electron chi connectivity index (χ4n) is 2.83. The highest BCUT2D eigenvalue weighted by Gasteiger charge is 2.28. The van der Waals surface area contributed by atoms with Crippen molar-refractivity contribution in [3.63, 3.8) is 0 Å². The monoisotopic (exact) mass is 310 g/mol. The summed E-state index contributed by atoms with van der Waals surface area (Å²) in [6.45, 7) is 4.33. The molecule has 21 heavy (non-hydrogen) atoms. The zero-order chi connectivity index (χ0) is 15.6. The number of nitro benzene ring substituents is 1. The maximum absolute atomic E-state index is 12.3. The first-order valence-corrected chi connectivity index (χ1v) is 7.52. The number of carbonyl (C=O) groups excluding carboxylic acids is 1. The minimum absolute atomic E-state index is 0.0382. The highest BCUT2D eigenvalue weighted by atomic mass is 35.5. The molecule has 0 heterocycles. The van der Waals surface area contributed by atoms with Crippen molar-refractivity contribution in [2.75, 3.05) is 0 Å². The Bertz CT molecular complexity index is 562. The Morgan fingerprint density at radius 1 is 1.38 bits per heavy atom. The molecule has 3 unspecified atom stereocenters. The fourth-order valence-corrected chi connectivity index (χ4v) is 3.02. The van der Waals surface area contributed by atoms with Crippen LogP contribution >= 0.6 is 11.6 Å². The number of nitrogens with one attached hydrogen (secondary N) is 1. The number of hydrogen-bond acceptors (Lipinski definition) is 3. The standard InChI is InChI=1S/C15H19ClN2O3/c1-9-4-3-5-13(10(9)2)17-15(19)11-6-7-12(16)14(8-11)18(20)21/h6-10,13H,3-5H2,1-2H3,(H,17,19). The van der Waals surface area contributed by atoms with Crippen LogP contribution in [-0.2, 0) is 0 Å². The molecule has 0 radical (unpaired) electrons. The molecule has 1 aromatic rings. The fraction of sp³-hybridized carbons (Fsp3) is 0.533. The second-order valence-corrected chi connectivity index (χ2v) is 6.18. The molecule has 1 fully saturated rings. The Labute approximate surface area is 128 Å². The van der Waals surface area contributed by atoms with Crippen LogP contribution in [0.2, 0.25) is 5.02 Å². The molecule has 1 amide bonds. The van der Waals surface area contributed by atoms with E-state index >= 15 is 0 Å². The highest BCUT2D eigenvalue weighted by Crippen LogP contribution is 2.30. The summed E-state index contributed by atoms with van der Waals surface area (Å²) in [5, 5.41) is 13.9. The first-order valence-electron chi connectivity index (χ1n) is 7.15. The van der Waals surface area contributed by atoms with Crippen LogP contribution in [0.3, 0.4) is 0 Å². The quantitative estimate of drug-likeness (QED) is 0.681. The Morgan fingerprint density at radius 3 is 2.76 bits per heavy atom. The lowest BCUT2D eigenvalue weighted by Gasteiger charge is -2.34. The molecule has 0 spiro atoms. The third kappa shape index (κ3) is 3.53. The normalized spacial score (nSPS) is 25.4. The van der Waals surface area contributed by atoms with Crippen molar-refractivity contribution in [1.29, 1.82) is 0 Å². The van der Waals surface area contributed by atoms with Crippen molar-refractivity contribution in [3.8, 4) is 0 Å². The number of carbonyl (C=O) groups is 1. The van der Waals surface area contributed by atoms with E-state index in [2.05, 4.69) is 19.2 Å². The Kier molecular flexibility index (Phi) is 4.83. The van der Waals surface area contributed by atoms with Gasteiger partial charge in [-0.05, 0) is 30.4 Å². The summed E-state index contributed by atoms with van der Waals surface area (Å²) in [5.74, 6) is 0.703. The van der Waals surface area contributed by atoms with Gasteiger partial charge in [0.2, 0.25) is 0 Å². The van der Waals surface area contributed by atoms with Crippen molar-refractivity contribution < 1.29 is 9.72 Å². The van der Waals surface area contributed by atoms with Gasteiger partial charge < -0.3 is 5.32 Å². The first-order chi connectivity index (χ1) is 9.90. The molecule has 1 aliphatic carbocycles. The maximum atomic E-state index is 12.3. The van der Waals surface area contributed by atoms with Crippen LogP contribution in [0.15, 0.2) is 18.2 Å². The second-order valence-electron chi connectivity index (χ2n) is 5.77. The summed E-state index contributed by atoms with van der Waals surface area (Å²) >= 11 is 5.76. The van der Waals surface area contributed by atoms with Crippen LogP contribution in [-0.4, -0.2) is 16.9 Å². The molecule has 1 aromatic carbocycles. The van der Waals surface area contributed by atoms with Crippen molar-refractivity contribution in [3.05, 3.63) is 38.9 Å². The van der Waals surface area contributed by atoms with E-state index in [1.165, 1.54) is 24.6 Å². The molecule has 1 saturated carbocycles. The van der Waals surface area contributed by atoms with Gasteiger partial charge in [0.05, 0.1) is 4.92 Å². The zero-order valence-electron chi connectivity index (χ0n) is 12.1. The molecular weight excluding hydrogens is 292 g/mol. The molecule has 1 N–H and O–H groups in total. The van der Waals surface area contributed by atoms with Crippen LogP contribution in [0.5, 0.6) is 0 Å². The van der Waals surface area contributed by atoms with Gasteiger partial charge in [0.1, 0.15) is 5.02 Å². The van der Waals surface area contributed by atoms with E-state index < -0.39 is 4.92 Å². The number of rotatable bonds is 3. The summed E-state index contributed by atoms with van der Waals surface area (Å²) in [5.41, 5.74) is 0.0332. The third-order valence-electron chi connectivity index (χ3n) is 4.43. The summed E-state index contributed by atoms with van der Waals surface area (Å²) in [7, 11) is 0. The SMILES string of the molecule is CC1CCCC(NC(=O)c2ccc(Cl)c([N+](=O)[O-])c2)C1C. The van der Waals surface area contributed by atoms with Crippen molar-refractivity contribution in [2.45, 2.75) is 39.2 Å². The largest absolute Gasteiger partial charge is 0.349 e. The molecule has 3 atom stereocenters. The number of hydrogen-bond donors (Lipinski definition) is 1. The summed E-state index contributed by atoms with van der Waals surface area (Å²) in [6.07, 6.45) is 3.23. The van der Waals surface area contributed by atoms with Crippen molar-refractivity contribution in [2.24, 2.45) is 11.8 Å². The minimum atomic E-state index is -0.579. The van der Waals surface area contributed by atoms with Crippen LogP contribution < -0.4 is 5.32 Å². The van der Waals surface area contributed by atoms with E-state index in [9.17, 15) is 14.9 Å². The molecule has 114 valence electrons. The van der Waals surface area contributed by atoms with Gasteiger partial charge in [0.15, 0.2) is 0 Å². The van der Waals surface area contributed by atoms with Crippen LogP contribution in [0, 0.1) is 22.0 Å². The molecule has 0 bridgehead atoms. The van der Waals surface area contributed by atoms with Crippen LogP contribution in [0.1, 0.15) is 43.5 Å². The number of halogens is 1. The number of benzene rings is 1. The van der Waals surface area contributed by atoms with Gasteiger partial charge in [-0.25, -0.2) is 0 Å². The molecule has 0 aliphatic heterocycles. The summed E-state index contributed by atoms with van der Waals surface area (Å²) < 4.78 is 0. The number of nitro groups is 1. The van der Waals surface area contributed by atoms with Crippen molar-refractivity contribution >= 4 is 23.2 Å². The van der Waals surface area contributed by atoms with E-state index in [4.69, 9.17) is 11.6 Å². The minimum Gasteiger partial charge on any atom is -0.349 e. The highest BCUT2D eigenvalue weighted by molar-refractivity contribution is 6.32.